The van der Waals surface area contributed by atoms with E-state index in [1.54, 1.807) is 0 Å². The van der Waals surface area contributed by atoms with Crippen molar-refractivity contribution in [2.24, 2.45) is 0 Å². The molecule has 0 amide bonds. The van der Waals surface area contributed by atoms with Crippen LogP contribution in [0.2, 0.25) is 0 Å². The molecule has 40 valence electrons. The van der Waals surface area contributed by atoms with Gasteiger partial charge < -0.3 is 0 Å². The topological polar surface area (TPSA) is 0 Å². The lowest BCUT2D eigenvalue weighted by Gasteiger charge is -1.69. The molecule has 6 heavy (non-hydrogen) atoms. The molecule has 0 radical (unpaired) electrons. The Morgan fingerprint density at radius 1 is 1.00 bits per heavy atom. The van der Waals surface area contributed by atoms with Crippen molar-refractivity contribution < 1.29 is 0 Å². The molecule has 0 atom stereocenters. The van der Waals surface area contributed by atoms with E-state index in [4.69, 9.17) is 34.8 Å². The Morgan fingerprint density at radius 3 is 1.00 bits per heavy atom. The van der Waals surface area contributed by atoms with Gasteiger partial charge in [0.15, 0.2) is 4.30 Å². The minimum absolute atomic E-state index is 0.750. The monoisotopic (exact) mass is 276 g/mol. The fraction of sp³-hybridized carbons (Fsp3) is 1.00. The van der Waals surface area contributed by atoms with Gasteiger partial charge in [0.2, 0.25) is 0 Å². The van der Waals surface area contributed by atoms with Crippen LogP contribution in [0, 0.1) is 0 Å². The second kappa shape index (κ2) is 9.95. The highest BCUT2D eigenvalue weighted by molar-refractivity contribution is 9.93. The fourth-order valence-electron chi connectivity index (χ4n) is 0. The molecular weight excluding hydrogens is 278 g/mol. The van der Waals surface area contributed by atoms with Crippen molar-refractivity contribution in [1.29, 1.82) is 0 Å². The molecule has 0 saturated carbocycles. The number of rotatable bonds is 0. The first-order valence-electron chi connectivity index (χ1n) is 0.798. The van der Waals surface area contributed by atoms with Gasteiger partial charge in [-0.3, -0.25) is 0 Å². The Bertz CT molecular complexity index is 13.5. The lowest BCUT2D eigenvalue weighted by Crippen LogP contribution is -1.55. The fourth-order valence-corrected chi connectivity index (χ4v) is 0. The number of hydrogen-bond donors (Lipinski definition) is 0. The Kier molecular flexibility index (Phi) is 17.8. The van der Waals surface area contributed by atoms with Gasteiger partial charge in [-0.05, 0) is 0 Å². The minimum atomic E-state index is -0.750. The molecule has 0 aromatic heterocycles. The molecular formula is CHBr2Cl3. The molecule has 0 unspecified atom stereocenters. The summed E-state index contributed by atoms with van der Waals surface area (Å²) in [4.78, 5) is 0. The van der Waals surface area contributed by atoms with E-state index in [0.29, 0.717) is 0 Å². The van der Waals surface area contributed by atoms with Crippen LogP contribution in [0.25, 0.3) is 0 Å². The van der Waals surface area contributed by atoms with E-state index in [2.05, 4.69) is 28.3 Å². The van der Waals surface area contributed by atoms with Gasteiger partial charge in [-0.1, -0.05) is 34.8 Å². The van der Waals surface area contributed by atoms with Crippen LogP contribution in [0.4, 0.5) is 0 Å². The summed E-state index contributed by atoms with van der Waals surface area (Å²) in [5, 5.41) is 0. The highest BCUT2D eigenvalue weighted by atomic mass is 80.9. The standard InChI is InChI=1S/CHCl3.Br2/c2-1(3)4;1-2/h1H;. The zero-order chi connectivity index (χ0) is 5.58. The third kappa shape index (κ3) is 40.6. The third-order valence-corrected chi connectivity index (χ3v) is 0. The molecule has 0 aromatic rings. The summed E-state index contributed by atoms with van der Waals surface area (Å²) >= 11 is 19.9. The van der Waals surface area contributed by atoms with Gasteiger partial charge in [0.1, 0.15) is 0 Å². The Labute approximate surface area is 67.0 Å². The molecule has 0 aliphatic heterocycles. The summed E-state index contributed by atoms with van der Waals surface area (Å²) in [6, 6.07) is 0. The van der Waals surface area contributed by atoms with Gasteiger partial charge in [0.25, 0.3) is 0 Å². The van der Waals surface area contributed by atoms with Crippen molar-refractivity contribution in [2.75, 3.05) is 0 Å². The maximum Gasteiger partial charge on any atom is 0.180 e. The van der Waals surface area contributed by atoms with Crippen molar-refractivity contribution in [3.63, 3.8) is 0 Å². The molecule has 5 heteroatoms. The summed E-state index contributed by atoms with van der Waals surface area (Å²) in [5.41, 5.74) is 0. The van der Waals surface area contributed by atoms with Crippen molar-refractivity contribution in [3.8, 4) is 0 Å². The van der Waals surface area contributed by atoms with Gasteiger partial charge in [-0.2, -0.15) is 0 Å². The summed E-state index contributed by atoms with van der Waals surface area (Å²) in [5.74, 6) is 0. The molecule has 0 aromatic carbocycles. The van der Waals surface area contributed by atoms with Crippen LogP contribution in [-0.2, 0) is 0 Å². The second-order valence-electron chi connectivity index (χ2n) is 0.247. The summed E-state index contributed by atoms with van der Waals surface area (Å²) in [7, 11) is 0. The molecule has 0 N–H and O–H groups in total. The summed E-state index contributed by atoms with van der Waals surface area (Å²) in [6.07, 6.45) is 0. The summed E-state index contributed by atoms with van der Waals surface area (Å²) in [6.45, 7) is 0. The van der Waals surface area contributed by atoms with E-state index in [-0.39, 0.29) is 0 Å². The van der Waals surface area contributed by atoms with E-state index in [0.717, 1.165) is 0 Å². The van der Waals surface area contributed by atoms with E-state index >= 15 is 0 Å². The summed E-state index contributed by atoms with van der Waals surface area (Å²) < 4.78 is -0.750. The van der Waals surface area contributed by atoms with Gasteiger partial charge in [0.05, 0.1) is 0 Å². The second-order valence-corrected chi connectivity index (χ2v) is 2.23. The van der Waals surface area contributed by atoms with Gasteiger partial charge in [-0.15, -0.1) is 0 Å². The molecule has 0 nitrogen and oxygen atoms in total. The van der Waals surface area contributed by atoms with Crippen LogP contribution in [0.5, 0.6) is 0 Å². The van der Waals surface area contributed by atoms with Crippen LogP contribution < -0.4 is 0 Å². The first kappa shape index (κ1) is 10.7. The Balaban J connectivity index is 0. The molecule has 0 heterocycles. The molecule has 0 rings (SSSR count). The van der Waals surface area contributed by atoms with Crippen molar-refractivity contribution in [2.45, 2.75) is 4.30 Å². The minimum Gasteiger partial charge on any atom is -0.0874 e. The van der Waals surface area contributed by atoms with Crippen LogP contribution in [0.1, 0.15) is 0 Å². The smallest absolute Gasteiger partial charge is 0.0874 e. The largest absolute Gasteiger partial charge is 0.180 e. The lowest BCUT2D eigenvalue weighted by molar-refractivity contribution is 1.96. The average Bonchev–Trinajstić information content (AvgIpc) is 1.41. The van der Waals surface area contributed by atoms with E-state index in [9.17, 15) is 0 Å². The van der Waals surface area contributed by atoms with Gasteiger partial charge in [0, 0.05) is 28.3 Å². The van der Waals surface area contributed by atoms with E-state index < -0.39 is 4.30 Å². The van der Waals surface area contributed by atoms with Gasteiger partial charge >= 0.3 is 0 Å². The van der Waals surface area contributed by atoms with Crippen LogP contribution in [0.3, 0.4) is 0 Å². The molecule has 0 fully saturated rings. The highest BCUT2D eigenvalue weighted by Crippen LogP contribution is 2.03. The maximum absolute atomic E-state index is 4.81. The van der Waals surface area contributed by atoms with E-state index in [1.807, 2.05) is 0 Å². The number of halogens is 5. The maximum atomic E-state index is 4.81. The third-order valence-electron chi connectivity index (χ3n) is 0. The molecule has 0 spiro atoms. The zero-order valence-electron chi connectivity index (χ0n) is 2.47. The van der Waals surface area contributed by atoms with Crippen molar-refractivity contribution >= 4 is 63.1 Å². The van der Waals surface area contributed by atoms with Crippen molar-refractivity contribution in [1.82, 2.24) is 0 Å². The first-order valence-corrected chi connectivity index (χ1v) is 5.82. The van der Waals surface area contributed by atoms with Crippen LogP contribution >= 0.6 is 63.1 Å². The zero-order valence-corrected chi connectivity index (χ0v) is 7.91. The molecule has 0 aliphatic rings. The van der Waals surface area contributed by atoms with Gasteiger partial charge in [-0.25, -0.2) is 0 Å². The van der Waals surface area contributed by atoms with Crippen molar-refractivity contribution in [3.05, 3.63) is 0 Å². The Hall–Kier alpha value is 1.83. The normalized spacial score (nSPS) is 7.00. The number of hydrogen-bond acceptors (Lipinski definition) is 0. The Morgan fingerprint density at radius 2 is 1.00 bits per heavy atom. The predicted molar refractivity (Wildman–Crippen MR) is 39.2 cm³/mol. The van der Waals surface area contributed by atoms with Crippen LogP contribution in [-0.4, -0.2) is 4.30 Å². The quantitative estimate of drug-likeness (QED) is 0.593. The molecule has 0 aliphatic carbocycles. The van der Waals surface area contributed by atoms with E-state index in [1.165, 1.54) is 0 Å². The predicted octanol–water partition coefficient (Wildman–Crippen LogP) is 3.68. The number of alkyl halides is 3. The SMILES string of the molecule is BrBr.ClC(Cl)Cl. The first-order chi connectivity index (χ1) is 2.73. The lowest BCUT2D eigenvalue weighted by atomic mass is 11.9. The molecule has 0 saturated heterocycles. The van der Waals surface area contributed by atoms with Crippen LogP contribution in [0.15, 0.2) is 0 Å². The highest BCUT2D eigenvalue weighted by Gasteiger charge is 1.78. The average molecular weight is 279 g/mol. The molecule has 0 bridgehead atoms.